The van der Waals surface area contributed by atoms with E-state index in [2.05, 4.69) is 15.2 Å². The highest BCUT2D eigenvalue weighted by Gasteiger charge is 2.19. The molecule has 2 aliphatic rings. The largest absolute Gasteiger partial charge is 0.454 e. The molecular formula is C21H23N3O3. The highest BCUT2D eigenvalue weighted by atomic mass is 16.7. The van der Waals surface area contributed by atoms with Crippen molar-refractivity contribution in [3.05, 3.63) is 54.4 Å². The number of amides is 1. The lowest BCUT2D eigenvalue weighted by Crippen LogP contribution is -2.38. The molecule has 6 heteroatoms. The zero-order chi connectivity index (χ0) is 18.5. The van der Waals surface area contributed by atoms with Gasteiger partial charge in [0, 0.05) is 43.8 Å². The Balaban J connectivity index is 1.22. The minimum Gasteiger partial charge on any atom is -0.454 e. The predicted octanol–water partition coefficient (Wildman–Crippen LogP) is 2.86. The number of hydrogen-bond donors (Lipinski definition) is 1. The van der Waals surface area contributed by atoms with Crippen LogP contribution < -0.4 is 19.7 Å². The Morgan fingerprint density at radius 2 is 1.93 bits per heavy atom. The van der Waals surface area contributed by atoms with Crippen molar-refractivity contribution >= 4 is 17.7 Å². The van der Waals surface area contributed by atoms with Gasteiger partial charge in [0.15, 0.2) is 11.5 Å². The van der Waals surface area contributed by atoms with Crippen molar-refractivity contribution in [1.29, 1.82) is 0 Å². The number of aromatic nitrogens is 1. The third-order valence-electron chi connectivity index (χ3n) is 5.03. The summed E-state index contributed by atoms with van der Waals surface area (Å²) in [7, 11) is 0. The minimum atomic E-state index is -0.0655. The topological polar surface area (TPSA) is 63.7 Å². The van der Waals surface area contributed by atoms with Gasteiger partial charge in [0.25, 0.3) is 0 Å². The number of fused-ring (bicyclic) bond motifs is 1. The molecule has 1 aromatic heterocycles. The van der Waals surface area contributed by atoms with Gasteiger partial charge in [-0.2, -0.15) is 0 Å². The molecule has 1 fully saturated rings. The Kier molecular flexibility index (Phi) is 5.23. The van der Waals surface area contributed by atoms with Crippen molar-refractivity contribution < 1.29 is 14.3 Å². The molecule has 1 saturated heterocycles. The third-order valence-corrected chi connectivity index (χ3v) is 5.03. The van der Waals surface area contributed by atoms with Crippen LogP contribution in [0.4, 0.5) is 5.69 Å². The van der Waals surface area contributed by atoms with E-state index in [1.807, 2.05) is 42.7 Å². The summed E-state index contributed by atoms with van der Waals surface area (Å²) in [5, 5.41) is 3.02. The first-order valence-corrected chi connectivity index (χ1v) is 9.28. The number of carbonyl (C=O) groups is 1. The van der Waals surface area contributed by atoms with E-state index < -0.39 is 0 Å². The Morgan fingerprint density at radius 1 is 1.15 bits per heavy atom. The SMILES string of the molecule is O=C(C=Cc1ccc2c(c1)OCO2)NCC1CCN(c2ccncc2)CC1. The first kappa shape index (κ1) is 17.4. The summed E-state index contributed by atoms with van der Waals surface area (Å²) in [5.41, 5.74) is 2.14. The van der Waals surface area contributed by atoms with E-state index in [0.717, 1.165) is 43.0 Å². The minimum absolute atomic E-state index is 0.0655. The molecule has 0 aliphatic carbocycles. The van der Waals surface area contributed by atoms with E-state index in [-0.39, 0.29) is 12.7 Å². The first-order valence-electron chi connectivity index (χ1n) is 9.28. The number of carbonyl (C=O) groups excluding carboxylic acids is 1. The lowest BCUT2D eigenvalue weighted by Gasteiger charge is -2.33. The molecule has 6 nitrogen and oxygen atoms in total. The first-order chi connectivity index (χ1) is 13.3. The van der Waals surface area contributed by atoms with E-state index in [4.69, 9.17) is 9.47 Å². The number of anilines is 1. The molecule has 1 N–H and O–H groups in total. The second-order valence-corrected chi connectivity index (χ2v) is 6.83. The van der Waals surface area contributed by atoms with Gasteiger partial charge in [-0.15, -0.1) is 0 Å². The molecule has 0 bridgehead atoms. The molecule has 4 rings (SSSR count). The summed E-state index contributed by atoms with van der Waals surface area (Å²) in [6.45, 7) is 2.99. The van der Waals surface area contributed by atoms with Crippen LogP contribution in [0.5, 0.6) is 11.5 Å². The van der Waals surface area contributed by atoms with Crippen LogP contribution in [0.1, 0.15) is 18.4 Å². The quantitative estimate of drug-likeness (QED) is 0.826. The van der Waals surface area contributed by atoms with Crippen molar-refractivity contribution in [1.82, 2.24) is 10.3 Å². The lowest BCUT2D eigenvalue weighted by atomic mass is 9.96. The summed E-state index contributed by atoms with van der Waals surface area (Å²) >= 11 is 0. The monoisotopic (exact) mass is 365 g/mol. The molecule has 3 heterocycles. The van der Waals surface area contributed by atoms with Crippen molar-refractivity contribution in [3.63, 3.8) is 0 Å². The van der Waals surface area contributed by atoms with Crippen LogP contribution >= 0.6 is 0 Å². The molecule has 140 valence electrons. The summed E-state index contributed by atoms with van der Waals surface area (Å²) < 4.78 is 10.6. The summed E-state index contributed by atoms with van der Waals surface area (Å²) in [5.74, 6) is 1.92. The summed E-state index contributed by atoms with van der Waals surface area (Å²) in [6, 6.07) is 9.73. The van der Waals surface area contributed by atoms with Crippen molar-refractivity contribution in [3.8, 4) is 11.5 Å². The molecule has 0 saturated carbocycles. The van der Waals surface area contributed by atoms with Crippen molar-refractivity contribution in [2.75, 3.05) is 31.3 Å². The molecule has 2 aromatic rings. The summed E-state index contributed by atoms with van der Waals surface area (Å²) in [4.78, 5) is 18.5. The van der Waals surface area contributed by atoms with E-state index in [1.54, 1.807) is 12.2 Å². The number of ether oxygens (including phenoxy) is 2. The maximum Gasteiger partial charge on any atom is 0.244 e. The Labute approximate surface area is 158 Å². The van der Waals surface area contributed by atoms with Gasteiger partial charge in [-0.25, -0.2) is 0 Å². The normalized spacial score (nSPS) is 16.7. The molecule has 0 unspecified atom stereocenters. The number of rotatable bonds is 5. The van der Waals surface area contributed by atoms with Gasteiger partial charge < -0.3 is 19.7 Å². The molecule has 1 amide bonds. The van der Waals surface area contributed by atoms with Crippen LogP contribution in [0.2, 0.25) is 0 Å². The fraction of sp³-hybridized carbons (Fsp3) is 0.333. The Morgan fingerprint density at radius 3 is 2.74 bits per heavy atom. The molecule has 1 aromatic carbocycles. The van der Waals surface area contributed by atoms with Gasteiger partial charge >= 0.3 is 0 Å². The Hall–Kier alpha value is -3.02. The number of hydrogen-bond acceptors (Lipinski definition) is 5. The van der Waals surface area contributed by atoms with Crippen molar-refractivity contribution in [2.45, 2.75) is 12.8 Å². The van der Waals surface area contributed by atoms with Gasteiger partial charge in [-0.3, -0.25) is 9.78 Å². The van der Waals surface area contributed by atoms with Gasteiger partial charge in [0.1, 0.15) is 0 Å². The number of nitrogens with one attached hydrogen (secondary N) is 1. The molecule has 0 atom stereocenters. The number of piperidine rings is 1. The highest BCUT2D eigenvalue weighted by Crippen LogP contribution is 2.32. The van der Waals surface area contributed by atoms with Crippen LogP contribution in [0, 0.1) is 5.92 Å². The standard InChI is InChI=1S/C21H23N3O3/c25-21(4-2-16-1-3-19-20(13-16)27-15-26-19)23-14-17-7-11-24(12-8-17)18-5-9-22-10-6-18/h1-6,9-10,13,17H,7-8,11-12,14-15H2,(H,23,25). The number of pyridine rings is 1. The van der Waals surface area contributed by atoms with E-state index in [0.29, 0.717) is 12.5 Å². The van der Waals surface area contributed by atoms with Crippen LogP contribution in [0.15, 0.2) is 48.8 Å². The average Bonchev–Trinajstić information content (AvgIpc) is 3.19. The highest BCUT2D eigenvalue weighted by molar-refractivity contribution is 5.91. The van der Waals surface area contributed by atoms with Crippen LogP contribution in [-0.4, -0.2) is 37.3 Å². The molecule has 27 heavy (non-hydrogen) atoms. The second kappa shape index (κ2) is 8.12. The van der Waals surface area contributed by atoms with E-state index in [1.165, 1.54) is 5.69 Å². The molecule has 2 aliphatic heterocycles. The van der Waals surface area contributed by atoms with Gasteiger partial charge in [-0.1, -0.05) is 6.07 Å². The van der Waals surface area contributed by atoms with Crippen LogP contribution in [0.3, 0.4) is 0 Å². The van der Waals surface area contributed by atoms with E-state index >= 15 is 0 Å². The molecular weight excluding hydrogens is 342 g/mol. The van der Waals surface area contributed by atoms with Gasteiger partial charge in [0.2, 0.25) is 12.7 Å². The molecule has 0 radical (unpaired) electrons. The van der Waals surface area contributed by atoms with Gasteiger partial charge in [-0.05, 0) is 54.7 Å². The zero-order valence-electron chi connectivity index (χ0n) is 15.1. The number of nitrogens with zero attached hydrogens (tertiary/aromatic N) is 2. The fourth-order valence-corrected chi connectivity index (χ4v) is 3.44. The fourth-order valence-electron chi connectivity index (χ4n) is 3.44. The van der Waals surface area contributed by atoms with Crippen LogP contribution in [0.25, 0.3) is 6.08 Å². The third kappa shape index (κ3) is 4.39. The zero-order valence-corrected chi connectivity index (χ0v) is 15.1. The second-order valence-electron chi connectivity index (χ2n) is 6.83. The Bertz CT molecular complexity index is 815. The predicted molar refractivity (Wildman–Crippen MR) is 104 cm³/mol. The average molecular weight is 365 g/mol. The number of benzene rings is 1. The summed E-state index contributed by atoms with van der Waals surface area (Å²) in [6.07, 6.45) is 9.18. The van der Waals surface area contributed by atoms with Crippen LogP contribution in [-0.2, 0) is 4.79 Å². The maximum absolute atomic E-state index is 12.1. The van der Waals surface area contributed by atoms with Crippen molar-refractivity contribution in [2.24, 2.45) is 5.92 Å². The maximum atomic E-state index is 12.1. The van der Waals surface area contributed by atoms with E-state index in [9.17, 15) is 4.79 Å². The van der Waals surface area contributed by atoms with Gasteiger partial charge in [0.05, 0.1) is 0 Å². The molecule has 0 spiro atoms. The lowest BCUT2D eigenvalue weighted by molar-refractivity contribution is -0.116. The smallest absolute Gasteiger partial charge is 0.244 e.